The molecule has 0 aromatic heterocycles. The second-order valence-electron chi connectivity index (χ2n) is 3.35. The molecule has 1 rings (SSSR count). The predicted molar refractivity (Wildman–Crippen MR) is 64.3 cm³/mol. The molecule has 0 aliphatic rings. The van der Waals surface area contributed by atoms with Gasteiger partial charge in [0.2, 0.25) is 0 Å². The summed E-state index contributed by atoms with van der Waals surface area (Å²) >= 11 is 6.46. The Balaban J connectivity index is 3.12. The summed E-state index contributed by atoms with van der Waals surface area (Å²) in [5.41, 5.74) is 0.185. The molecule has 0 aliphatic carbocycles. The number of alkyl halides is 4. The second-order valence-corrected chi connectivity index (χ2v) is 4.46. The van der Waals surface area contributed by atoms with Gasteiger partial charge in [0, 0.05) is 16.9 Å². The van der Waals surface area contributed by atoms with Crippen LogP contribution in [0.5, 0.6) is 5.75 Å². The monoisotopic (exact) mass is 298 g/mol. The van der Waals surface area contributed by atoms with Gasteiger partial charge in [0.1, 0.15) is 5.75 Å². The number of hydrogen-bond donors (Lipinski definition) is 0. The van der Waals surface area contributed by atoms with Gasteiger partial charge in [-0.1, -0.05) is 12.1 Å². The first-order chi connectivity index (χ1) is 8.37. The maximum absolute atomic E-state index is 12.3. The molecule has 0 fully saturated rings. The lowest BCUT2D eigenvalue weighted by Gasteiger charge is -2.15. The highest BCUT2D eigenvalue weighted by Crippen LogP contribution is 2.35. The molecule has 0 radical (unpaired) electrons. The van der Waals surface area contributed by atoms with Crippen molar-refractivity contribution in [1.29, 1.82) is 0 Å². The molecule has 0 saturated heterocycles. The topological polar surface area (TPSA) is 26.3 Å². The van der Waals surface area contributed by atoms with E-state index in [4.69, 9.17) is 11.6 Å². The third kappa shape index (κ3) is 4.42. The number of benzene rings is 1. The molecule has 1 aromatic rings. The van der Waals surface area contributed by atoms with Crippen LogP contribution in [-0.4, -0.2) is 24.3 Å². The van der Waals surface area contributed by atoms with E-state index in [-0.39, 0.29) is 29.4 Å². The van der Waals surface area contributed by atoms with Crippen LogP contribution in [0.15, 0.2) is 23.1 Å². The summed E-state index contributed by atoms with van der Waals surface area (Å²) in [7, 11) is 0. The first-order valence-corrected chi connectivity index (χ1v) is 6.62. The number of carbonyl (C=O) groups is 1. The molecule has 0 aliphatic heterocycles. The lowest BCUT2D eigenvalue weighted by molar-refractivity contribution is -0.275. The molecule has 0 N–H and O–H groups in total. The van der Waals surface area contributed by atoms with Crippen molar-refractivity contribution in [2.24, 2.45) is 0 Å². The number of ether oxygens (including phenoxy) is 1. The van der Waals surface area contributed by atoms with E-state index in [1.807, 2.05) is 0 Å². The molecule has 0 spiro atoms. The lowest BCUT2D eigenvalue weighted by atomic mass is 10.1. The third-order valence-corrected chi connectivity index (χ3v) is 3.09. The second kappa shape index (κ2) is 6.33. The Hall–Kier alpha value is -0.880. The number of ketones is 1. The number of Topliss-reactive ketones (excluding diaryl/α,β-unsaturated/α-hetero) is 1. The number of rotatable bonds is 5. The zero-order chi connectivity index (χ0) is 13.8. The molecule has 1 aromatic carbocycles. The van der Waals surface area contributed by atoms with Crippen LogP contribution in [0.1, 0.15) is 5.56 Å². The summed E-state index contributed by atoms with van der Waals surface area (Å²) in [6, 6.07) is 4.50. The van der Waals surface area contributed by atoms with E-state index in [1.54, 1.807) is 12.3 Å². The van der Waals surface area contributed by atoms with Crippen LogP contribution in [0.2, 0.25) is 0 Å². The summed E-state index contributed by atoms with van der Waals surface area (Å²) in [5.74, 6) is -0.924. The molecule has 0 bridgehead atoms. The van der Waals surface area contributed by atoms with E-state index in [0.717, 1.165) is 11.8 Å². The molecule has 100 valence electrons. The molecule has 0 saturated carbocycles. The fourth-order valence-corrected chi connectivity index (χ4v) is 2.02. The number of carbonyl (C=O) groups excluding carboxylic acids is 1. The standard InChI is InChI=1S/C11H10ClF3O2S/c1-18-9-4-2-3-7(5-8(16)6-12)10(9)17-11(13,14)15/h2-4H,5-6H2,1H3. The van der Waals surface area contributed by atoms with E-state index < -0.39 is 6.36 Å². The minimum atomic E-state index is -4.79. The highest BCUT2D eigenvalue weighted by atomic mass is 35.5. The minimum Gasteiger partial charge on any atom is -0.404 e. The van der Waals surface area contributed by atoms with Crippen LogP contribution in [0.4, 0.5) is 13.2 Å². The zero-order valence-corrected chi connectivity index (χ0v) is 11.0. The predicted octanol–water partition coefficient (Wildman–Crippen LogP) is 3.66. The van der Waals surface area contributed by atoms with Crippen LogP contribution >= 0.6 is 23.4 Å². The van der Waals surface area contributed by atoms with Gasteiger partial charge < -0.3 is 4.74 Å². The first kappa shape index (κ1) is 15.2. The summed E-state index contributed by atoms with van der Waals surface area (Å²) < 4.78 is 40.9. The minimum absolute atomic E-state index is 0.177. The first-order valence-electron chi connectivity index (χ1n) is 4.86. The Bertz CT molecular complexity index is 435. The van der Waals surface area contributed by atoms with E-state index in [9.17, 15) is 18.0 Å². The van der Waals surface area contributed by atoms with Gasteiger partial charge in [-0.2, -0.15) is 0 Å². The molecule has 7 heteroatoms. The fourth-order valence-electron chi connectivity index (χ4n) is 1.35. The Kier molecular flexibility index (Phi) is 5.34. The summed E-state index contributed by atoms with van der Waals surface area (Å²) in [6.45, 7) is 0. The van der Waals surface area contributed by atoms with Gasteiger partial charge in [-0.15, -0.1) is 36.5 Å². The Morgan fingerprint density at radius 1 is 1.44 bits per heavy atom. The van der Waals surface area contributed by atoms with Crippen molar-refractivity contribution >= 4 is 29.1 Å². The molecule has 0 amide bonds. The number of hydrogen-bond acceptors (Lipinski definition) is 3. The normalized spacial score (nSPS) is 11.4. The highest BCUT2D eigenvalue weighted by Gasteiger charge is 2.33. The Labute approximate surface area is 111 Å². The average Bonchev–Trinajstić information content (AvgIpc) is 2.29. The number of para-hydroxylation sites is 1. The highest BCUT2D eigenvalue weighted by molar-refractivity contribution is 7.98. The van der Waals surface area contributed by atoms with Crippen molar-refractivity contribution in [3.8, 4) is 5.75 Å². The molecule has 0 atom stereocenters. The van der Waals surface area contributed by atoms with Gasteiger partial charge in [0.05, 0.1) is 5.88 Å². The number of thioether (sulfide) groups is 1. The SMILES string of the molecule is CSc1cccc(CC(=O)CCl)c1OC(F)(F)F. The average molecular weight is 299 g/mol. The molecule has 0 unspecified atom stereocenters. The summed E-state index contributed by atoms with van der Waals surface area (Å²) in [6.07, 6.45) is -3.33. The van der Waals surface area contributed by atoms with Crippen molar-refractivity contribution in [2.45, 2.75) is 17.7 Å². The lowest BCUT2D eigenvalue weighted by Crippen LogP contribution is -2.19. The van der Waals surface area contributed by atoms with Gasteiger partial charge in [-0.05, 0) is 12.3 Å². The van der Waals surface area contributed by atoms with Gasteiger partial charge in [0.25, 0.3) is 0 Å². The van der Waals surface area contributed by atoms with Crippen LogP contribution < -0.4 is 4.74 Å². The van der Waals surface area contributed by atoms with Crippen LogP contribution in [0.25, 0.3) is 0 Å². The quantitative estimate of drug-likeness (QED) is 0.613. The van der Waals surface area contributed by atoms with Crippen molar-refractivity contribution in [3.63, 3.8) is 0 Å². The Morgan fingerprint density at radius 3 is 2.61 bits per heavy atom. The smallest absolute Gasteiger partial charge is 0.404 e. The molecule has 18 heavy (non-hydrogen) atoms. The number of halogens is 4. The molecule has 0 heterocycles. The van der Waals surface area contributed by atoms with Crippen LogP contribution in [0, 0.1) is 0 Å². The van der Waals surface area contributed by atoms with Crippen LogP contribution in [0.3, 0.4) is 0 Å². The fraction of sp³-hybridized carbons (Fsp3) is 0.364. The molecule has 2 nitrogen and oxygen atoms in total. The maximum Gasteiger partial charge on any atom is 0.573 e. The summed E-state index contributed by atoms with van der Waals surface area (Å²) in [5, 5.41) is 0. The largest absolute Gasteiger partial charge is 0.573 e. The maximum atomic E-state index is 12.3. The van der Waals surface area contributed by atoms with E-state index >= 15 is 0 Å². The summed E-state index contributed by atoms with van der Waals surface area (Å²) in [4.78, 5) is 11.5. The van der Waals surface area contributed by atoms with Gasteiger partial charge in [-0.3, -0.25) is 4.79 Å². The van der Waals surface area contributed by atoms with Crippen molar-refractivity contribution in [1.82, 2.24) is 0 Å². The van der Waals surface area contributed by atoms with Crippen molar-refractivity contribution in [2.75, 3.05) is 12.1 Å². The van der Waals surface area contributed by atoms with E-state index in [2.05, 4.69) is 4.74 Å². The Morgan fingerprint density at radius 2 is 2.11 bits per heavy atom. The van der Waals surface area contributed by atoms with Gasteiger partial charge in [-0.25, -0.2) is 0 Å². The molecular weight excluding hydrogens is 289 g/mol. The zero-order valence-electron chi connectivity index (χ0n) is 9.38. The van der Waals surface area contributed by atoms with Crippen LogP contribution in [-0.2, 0) is 11.2 Å². The third-order valence-electron chi connectivity index (χ3n) is 2.03. The van der Waals surface area contributed by atoms with Crippen molar-refractivity contribution in [3.05, 3.63) is 23.8 Å². The van der Waals surface area contributed by atoms with E-state index in [0.29, 0.717) is 4.90 Å². The van der Waals surface area contributed by atoms with Gasteiger partial charge >= 0.3 is 6.36 Å². The molecular formula is C11H10ClF3O2S. The van der Waals surface area contributed by atoms with Crippen molar-refractivity contribution < 1.29 is 22.7 Å². The van der Waals surface area contributed by atoms with E-state index in [1.165, 1.54) is 12.1 Å². The van der Waals surface area contributed by atoms with Gasteiger partial charge in [0.15, 0.2) is 5.78 Å².